The number of nitro groups is 2. The molecule has 1 amide bonds. The van der Waals surface area contributed by atoms with E-state index in [4.69, 9.17) is 0 Å². The van der Waals surface area contributed by atoms with Crippen molar-refractivity contribution in [3.8, 4) is 0 Å². The topological polar surface area (TPSA) is 133 Å². The molecule has 1 aromatic carbocycles. The van der Waals surface area contributed by atoms with Crippen LogP contribution in [0.25, 0.3) is 0 Å². The normalized spacial score (nSPS) is 11.7. The zero-order valence-electron chi connectivity index (χ0n) is 15.0. The third kappa shape index (κ3) is 5.50. The van der Waals surface area contributed by atoms with Crippen LogP contribution in [0.5, 0.6) is 0 Å². The number of nitro benzene ring substituents is 2. The number of amides is 1. The van der Waals surface area contributed by atoms with Crippen molar-refractivity contribution in [2.45, 2.75) is 20.8 Å². The zero-order chi connectivity index (χ0) is 20.0. The van der Waals surface area contributed by atoms with Gasteiger partial charge in [0.15, 0.2) is 0 Å². The molecule has 0 radical (unpaired) electrons. The fourth-order valence-electron chi connectivity index (χ4n) is 2.40. The van der Waals surface area contributed by atoms with Gasteiger partial charge >= 0.3 is 5.97 Å². The smallest absolute Gasteiger partial charge is 0.310 e. The van der Waals surface area contributed by atoms with Crippen molar-refractivity contribution in [1.29, 1.82) is 0 Å². The second-order valence-electron chi connectivity index (χ2n) is 6.28. The Morgan fingerprint density at radius 3 is 1.92 bits per heavy atom. The number of carbonyl (C=O) groups excluding carboxylic acids is 2. The van der Waals surface area contributed by atoms with Crippen molar-refractivity contribution in [3.05, 3.63) is 44.0 Å². The maximum atomic E-state index is 12.8. The molecule has 26 heavy (non-hydrogen) atoms. The fourth-order valence-corrected chi connectivity index (χ4v) is 2.40. The van der Waals surface area contributed by atoms with Crippen molar-refractivity contribution in [1.82, 2.24) is 4.90 Å². The van der Waals surface area contributed by atoms with Crippen LogP contribution in [0.4, 0.5) is 11.4 Å². The highest BCUT2D eigenvalue weighted by Crippen LogP contribution is 2.24. The Morgan fingerprint density at radius 1 is 1.04 bits per heavy atom. The molecule has 0 saturated carbocycles. The molecule has 0 aliphatic rings. The van der Waals surface area contributed by atoms with Crippen molar-refractivity contribution in [2.75, 3.05) is 20.2 Å². The van der Waals surface area contributed by atoms with Gasteiger partial charge in [0.2, 0.25) is 0 Å². The van der Waals surface area contributed by atoms with E-state index in [1.807, 2.05) is 13.8 Å². The lowest BCUT2D eigenvalue weighted by molar-refractivity contribution is -0.394. The van der Waals surface area contributed by atoms with Gasteiger partial charge in [0, 0.05) is 25.2 Å². The number of hydrogen-bond donors (Lipinski definition) is 0. The molecule has 1 unspecified atom stereocenters. The summed E-state index contributed by atoms with van der Waals surface area (Å²) in [5.41, 5.74) is -1.27. The van der Waals surface area contributed by atoms with E-state index in [-0.39, 0.29) is 24.6 Å². The van der Waals surface area contributed by atoms with E-state index in [1.54, 1.807) is 6.92 Å². The van der Waals surface area contributed by atoms with Crippen molar-refractivity contribution >= 4 is 23.3 Å². The molecule has 0 aliphatic heterocycles. The van der Waals surface area contributed by atoms with Crippen LogP contribution in [-0.2, 0) is 9.53 Å². The van der Waals surface area contributed by atoms with E-state index in [2.05, 4.69) is 4.74 Å². The molecule has 0 N–H and O–H groups in total. The second kappa shape index (κ2) is 8.88. The van der Waals surface area contributed by atoms with Gasteiger partial charge < -0.3 is 9.64 Å². The molecule has 0 fully saturated rings. The van der Waals surface area contributed by atoms with Crippen LogP contribution in [0, 0.1) is 32.1 Å². The monoisotopic (exact) mass is 367 g/mol. The molecule has 1 aromatic rings. The van der Waals surface area contributed by atoms with Gasteiger partial charge in [-0.15, -0.1) is 0 Å². The quantitative estimate of drug-likeness (QED) is 0.391. The molecular weight excluding hydrogens is 346 g/mol. The lowest BCUT2D eigenvalue weighted by Gasteiger charge is -2.26. The van der Waals surface area contributed by atoms with E-state index >= 15 is 0 Å². The lowest BCUT2D eigenvalue weighted by Crippen LogP contribution is -2.39. The van der Waals surface area contributed by atoms with E-state index in [0.717, 1.165) is 18.2 Å². The molecule has 1 atom stereocenters. The number of carbonyl (C=O) groups is 2. The Morgan fingerprint density at radius 2 is 1.54 bits per heavy atom. The molecule has 0 saturated heterocycles. The number of non-ortho nitro benzene ring substituents is 2. The first kappa shape index (κ1) is 21.0. The summed E-state index contributed by atoms with van der Waals surface area (Å²) in [6.45, 7) is 5.61. The van der Waals surface area contributed by atoms with E-state index in [0.29, 0.717) is 0 Å². The molecule has 0 aliphatic carbocycles. The van der Waals surface area contributed by atoms with Gasteiger partial charge in [0.05, 0.1) is 34.5 Å². The predicted molar refractivity (Wildman–Crippen MR) is 91.7 cm³/mol. The van der Waals surface area contributed by atoms with Crippen LogP contribution in [-0.4, -0.2) is 46.8 Å². The predicted octanol–water partition coefficient (Wildman–Crippen LogP) is 2.41. The Labute approximate surface area is 150 Å². The molecule has 0 heterocycles. The average molecular weight is 367 g/mol. The Hall–Kier alpha value is -3.04. The van der Waals surface area contributed by atoms with Crippen LogP contribution in [0.1, 0.15) is 31.1 Å². The first-order valence-electron chi connectivity index (χ1n) is 7.87. The highest BCUT2D eigenvalue weighted by molar-refractivity contribution is 5.96. The number of methoxy groups -OCH3 is 1. The minimum atomic E-state index is -0.798. The number of benzene rings is 1. The van der Waals surface area contributed by atoms with Gasteiger partial charge in [-0.2, -0.15) is 0 Å². The molecular formula is C16H21N3O7. The van der Waals surface area contributed by atoms with Crippen molar-refractivity contribution < 1.29 is 24.2 Å². The highest BCUT2D eigenvalue weighted by Gasteiger charge is 2.26. The van der Waals surface area contributed by atoms with Gasteiger partial charge in [-0.25, -0.2) is 0 Å². The van der Waals surface area contributed by atoms with E-state index in [1.165, 1.54) is 12.0 Å². The summed E-state index contributed by atoms with van der Waals surface area (Å²) < 4.78 is 4.65. The molecule has 1 rings (SSSR count). The lowest BCUT2D eigenvalue weighted by atomic mass is 10.1. The SMILES string of the molecule is COC(=O)C(C)CN(CC(C)C)C(=O)c1cc([N+](=O)[O-])cc([N+](=O)[O-])c1. The summed E-state index contributed by atoms with van der Waals surface area (Å²) in [4.78, 5) is 46.2. The fraction of sp³-hybridized carbons (Fsp3) is 0.500. The number of esters is 1. The van der Waals surface area contributed by atoms with Crippen LogP contribution >= 0.6 is 0 Å². The van der Waals surface area contributed by atoms with Gasteiger partial charge in [-0.3, -0.25) is 29.8 Å². The largest absolute Gasteiger partial charge is 0.469 e. The highest BCUT2D eigenvalue weighted by atomic mass is 16.6. The standard InChI is InChI=1S/C16H21N3O7/c1-10(2)8-17(9-11(3)16(21)26-4)15(20)12-5-13(18(22)23)7-14(6-12)19(24)25/h5-7,10-11H,8-9H2,1-4H3. The zero-order valence-corrected chi connectivity index (χ0v) is 15.0. The van der Waals surface area contributed by atoms with E-state index < -0.39 is 39.0 Å². The van der Waals surface area contributed by atoms with Gasteiger partial charge in [-0.1, -0.05) is 20.8 Å². The van der Waals surface area contributed by atoms with Gasteiger partial charge in [-0.05, 0) is 5.92 Å². The Bertz CT molecular complexity index is 686. The number of hydrogen-bond acceptors (Lipinski definition) is 7. The summed E-state index contributed by atoms with van der Waals surface area (Å²) in [6.07, 6.45) is 0. The van der Waals surface area contributed by atoms with Crippen LogP contribution in [0.3, 0.4) is 0 Å². The number of rotatable bonds is 8. The number of ether oxygens (including phenoxy) is 1. The van der Waals surface area contributed by atoms with Crippen molar-refractivity contribution in [3.63, 3.8) is 0 Å². The third-order valence-corrected chi connectivity index (χ3v) is 3.54. The Balaban J connectivity index is 3.26. The summed E-state index contributed by atoms with van der Waals surface area (Å²) in [6, 6.07) is 2.78. The Kier molecular flexibility index (Phi) is 7.17. The minimum absolute atomic E-state index is 0.0280. The van der Waals surface area contributed by atoms with Gasteiger partial charge in [0.1, 0.15) is 0 Å². The molecule has 0 aromatic heterocycles. The number of nitrogens with zero attached hydrogens (tertiary/aromatic N) is 3. The van der Waals surface area contributed by atoms with Gasteiger partial charge in [0.25, 0.3) is 17.3 Å². The molecule has 10 heteroatoms. The summed E-state index contributed by atoms with van der Waals surface area (Å²) in [5, 5.41) is 22.0. The van der Waals surface area contributed by atoms with E-state index in [9.17, 15) is 29.8 Å². The molecule has 0 bridgehead atoms. The maximum Gasteiger partial charge on any atom is 0.310 e. The minimum Gasteiger partial charge on any atom is -0.469 e. The van der Waals surface area contributed by atoms with Crippen LogP contribution in [0.2, 0.25) is 0 Å². The van der Waals surface area contributed by atoms with Crippen LogP contribution < -0.4 is 0 Å². The third-order valence-electron chi connectivity index (χ3n) is 3.54. The molecule has 142 valence electrons. The molecule has 0 spiro atoms. The summed E-state index contributed by atoms with van der Waals surface area (Å²) in [5.74, 6) is -1.69. The first-order chi connectivity index (χ1) is 12.1. The average Bonchev–Trinajstić information content (AvgIpc) is 2.58. The van der Waals surface area contributed by atoms with Crippen molar-refractivity contribution in [2.24, 2.45) is 11.8 Å². The molecule has 10 nitrogen and oxygen atoms in total. The first-order valence-corrected chi connectivity index (χ1v) is 7.87. The van der Waals surface area contributed by atoms with Crippen LogP contribution in [0.15, 0.2) is 18.2 Å². The second-order valence-corrected chi connectivity index (χ2v) is 6.28. The summed E-state index contributed by atoms with van der Waals surface area (Å²) >= 11 is 0. The maximum absolute atomic E-state index is 12.8. The summed E-state index contributed by atoms with van der Waals surface area (Å²) in [7, 11) is 1.23.